The van der Waals surface area contributed by atoms with Crippen molar-refractivity contribution in [2.24, 2.45) is 0 Å². The second-order valence-electron chi connectivity index (χ2n) is 5.51. The Labute approximate surface area is 172 Å². The second kappa shape index (κ2) is 10.0. The fraction of sp³-hybridized carbons (Fsp3) is 0.389. The predicted molar refractivity (Wildman–Crippen MR) is 111 cm³/mol. The van der Waals surface area contributed by atoms with E-state index in [9.17, 15) is 14.7 Å². The number of carboxylic acid groups (broad SMARTS) is 1. The summed E-state index contributed by atoms with van der Waals surface area (Å²) in [4.78, 5) is 25.8. The third-order valence-corrected chi connectivity index (χ3v) is 5.76. The van der Waals surface area contributed by atoms with Crippen LogP contribution in [-0.2, 0) is 9.59 Å². The number of carbonyl (C=O) groups is 2. The number of nitrogens with zero attached hydrogens (tertiary/aromatic N) is 1. The van der Waals surface area contributed by atoms with Gasteiger partial charge in [-0.3, -0.25) is 9.69 Å². The van der Waals surface area contributed by atoms with Crippen molar-refractivity contribution in [1.29, 1.82) is 0 Å². The average molecular weight is 427 g/mol. The Balaban J connectivity index is 2.28. The highest BCUT2D eigenvalue weighted by atomic mass is 32.2. The van der Waals surface area contributed by atoms with Gasteiger partial charge in [-0.15, -0.1) is 0 Å². The van der Waals surface area contributed by atoms with E-state index in [4.69, 9.17) is 21.7 Å². The highest BCUT2D eigenvalue weighted by Gasteiger charge is 2.37. The fourth-order valence-electron chi connectivity index (χ4n) is 2.53. The first-order valence-corrected chi connectivity index (χ1v) is 10.8. The van der Waals surface area contributed by atoms with Crippen molar-refractivity contribution in [3.05, 3.63) is 28.7 Å². The van der Waals surface area contributed by atoms with Crippen LogP contribution < -0.4 is 14.6 Å². The molecule has 0 aliphatic carbocycles. The number of aliphatic carboxylic acids is 1. The molecule has 0 radical (unpaired) electrons. The molecule has 1 aromatic carbocycles. The summed E-state index contributed by atoms with van der Waals surface area (Å²) in [5.41, 5.74) is 0.727. The van der Waals surface area contributed by atoms with Gasteiger partial charge < -0.3 is 19.4 Å². The Morgan fingerprint density at radius 2 is 2.19 bits per heavy atom. The molecule has 0 N–H and O–H groups in total. The quantitative estimate of drug-likeness (QED) is 0.439. The van der Waals surface area contributed by atoms with Crippen molar-refractivity contribution in [2.45, 2.75) is 19.4 Å². The SMILES string of the molecule is CCOc1ccc(/C=C2/SC(=S)N([C@@H](CCSC)C(=O)[O-])C2=O)cc1OC. The fourth-order valence-corrected chi connectivity index (χ4v) is 4.35. The van der Waals surface area contributed by atoms with Crippen molar-refractivity contribution < 1.29 is 24.2 Å². The molecule has 1 saturated heterocycles. The predicted octanol–water partition coefficient (Wildman–Crippen LogP) is 2.17. The monoisotopic (exact) mass is 426 g/mol. The maximum Gasteiger partial charge on any atom is 0.266 e. The number of thioether (sulfide) groups is 2. The van der Waals surface area contributed by atoms with Crippen LogP contribution in [0, 0.1) is 0 Å². The number of carbonyl (C=O) groups excluding carboxylic acids is 2. The van der Waals surface area contributed by atoms with Crippen molar-refractivity contribution in [1.82, 2.24) is 4.90 Å². The van der Waals surface area contributed by atoms with Crippen LogP contribution in [0.15, 0.2) is 23.1 Å². The zero-order chi connectivity index (χ0) is 20.0. The Morgan fingerprint density at radius 3 is 2.78 bits per heavy atom. The highest BCUT2D eigenvalue weighted by molar-refractivity contribution is 8.26. The summed E-state index contributed by atoms with van der Waals surface area (Å²) in [7, 11) is 1.54. The van der Waals surface area contributed by atoms with Crippen molar-refractivity contribution in [3.63, 3.8) is 0 Å². The lowest BCUT2D eigenvalue weighted by atomic mass is 10.1. The van der Waals surface area contributed by atoms with Crippen molar-refractivity contribution in [2.75, 3.05) is 25.7 Å². The topological polar surface area (TPSA) is 78.9 Å². The molecule has 0 bridgehead atoms. The number of hydrogen-bond donors (Lipinski definition) is 0. The summed E-state index contributed by atoms with van der Waals surface area (Å²) >= 11 is 7.83. The zero-order valence-electron chi connectivity index (χ0n) is 15.2. The van der Waals surface area contributed by atoms with E-state index in [0.29, 0.717) is 28.8 Å². The number of hydrogen-bond acceptors (Lipinski definition) is 8. The van der Waals surface area contributed by atoms with Crippen LogP contribution in [0.1, 0.15) is 18.9 Å². The van der Waals surface area contributed by atoms with Gasteiger partial charge in [0.1, 0.15) is 4.32 Å². The number of ether oxygens (including phenoxy) is 2. The molecule has 1 aromatic rings. The van der Waals surface area contributed by atoms with Gasteiger partial charge in [0.25, 0.3) is 5.91 Å². The van der Waals surface area contributed by atoms with Crippen molar-refractivity contribution >= 4 is 58.0 Å². The Bertz CT molecular complexity index is 765. The van der Waals surface area contributed by atoms with E-state index in [1.807, 2.05) is 13.2 Å². The molecular formula is C18H20NO5S3-. The molecule has 0 unspecified atom stereocenters. The van der Waals surface area contributed by atoms with Gasteiger partial charge in [-0.2, -0.15) is 11.8 Å². The standard InChI is InChI=1S/C18H21NO5S3/c1-4-24-13-6-5-11(9-14(13)23-2)10-15-16(20)19(18(25)27-15)12(17(21)22)7-8-26-3/h5-6,9-10,12H,4,7-8H2,1-3H3,(H,21,22)/p-1/b15-10+/t12-/m0/s1. The molecule has 1 aliphatic rings. The van der Waals surface area contributed by atoms with Crippen LogP contribution in [-0.4, -0.2) is 52.9 Å². The molecule has 0 spiro atoms. The molecule has 146 valence electrons. The Morgan fingerprint density at radius 1 is 1.44 bits per heavy atom. The third-order valence-electron chi connectivity index (χ3n) is 3.79. The summed E-state index contributed by atoms with van der Waals surface area (Å²) in [5.74, 6) is 0.0233. The number of rotatable bonds is 9. The summed E-state index contributed by atoms with van der Waals surface area (Å²) in [6.45, 7) is 2.39. The first kappa shape index (κ1) is 21.6. The van der Waals surface area contributed by atoms with E-state index in [2.05, 4.69) is 0 Å². The molecule has 1 fully saturated rings. The molecule has 1 heterocycles. The van der Waals surface area contributed by atoms with Gasteiger partial charge in [-0.1, -0.05) is 30.0 Å². The smallest absolute Gasteiger partial charge is 0.266 e. The van der Waals surface area contributed by atoms with Gasteiger partial charge in [-0.25, -0.2) is 0 Å². The number of thiocarbonyl (C=S) groups is 1. The normalized spacial score (nSPS) is 16.7. The van der Waals surface area contributed by atoms with E-state index in [1.54, 1.807) is 24.3 Å². The van der Waals surface area contributed by atoms with Crippen LogP contribution in [0.5, 0.6) is 11.5 Å². The van der Waals surface area contributed by atoms with Crippen LogP contribution >= 0.6 is 35.7 Å². The van der Waals surface area contributed by atoms with E-state index in [1.165, 1.54) is 18.9 Å². The van der Waals surface area contributed by atoms with Crippen LogP contribution in [0.4, 0.5) is 0 Å². The molecule has 1 amide bonds. The van der Waals surface area contributed by atoms with Crippen LogP contribution in [0.2, 0.25) is 0 Å². The lowest BCUT2D eigenvalue weighted by Crippen LogP contribution is -2.50. The molecule has 1 aliphatic heterocycles. The molecule has 27 heavy (non-hydrogen) atoms. The summed E-state index contributed by atoms with van der Waals surface area (Å²) in [6.07, 6.45) is 3.81. The maximum absolute atomic E-state index is 12.7. The van der Waals surface area contributed by atoms with Gasteiger partial charge in [0.15, 0.2) is 11.5 Å². The van der Waals surface area contributed by atoms with Crippen LogP contribution in [0.3, 0.4) is 0 Å². The van der Waals surface area contributed by atoms with E-state index >= 15 is 0 Å². The lowest BCUT2D eigenvalue weighted by molar-refractivity contribution is -0.310. The zero-order valence-corrected chi connectivity index (χ0v) is 17.7. The number of amides is 1. The average Bonchev–Trinajstić information content (AvgIpc) is 2.91. The molecule has 0 aromatic heterocycles. The minimum atomic E-state index is -1.30. The molecule has 0 saturated carbocycles. The first-order chi connectivity index (χ1) is 12.9. The third kappa shape index (κ3) is 5.18. The first-order valence-electron chi connectivity index (χ1n) is 8.20. The minimum absolute atomic E-state index is 0.222. The Hall–Kier alpha value is -1.71. The summed E-state index contributed by atoms with van der Waals surface area (Å²) < 4.78 is 11.0. The molecule has 6 nitrogen and oxygen atoms in total. The van der Waals surface area contributed by atoms with Gasteiger partial charge in [0.2, 0.25) is 0 Å². The van der Waals surface area contributed by atoms with Crippen LogP contribution in [0.25, 0.3) is 6.08 Å². The lowest BCUT2D eigenvalue weighted by Gasteiger charge is -2.27. The molecule has 2 rings (SSSR count). The van der Waals surface area contributed by atoms with Gasteiger partial charge in [-0.05, 0) is 49.1 Å². The Kier molecular flexibility index (Phi) is 8.00. The van der Waals surface area contributed by atoms with Crippen molar-refractivity contribution in [3.8, 4) is 11.5 Å². The highest BCUT2D eigenvalue weighted by Crippen LogP contribution is 2.36. The molecular weight excluding hydrogens is 406 g/mol. The summed E-state index contributed by atoms with van der Waals surface area (Å²) in [5, 5.41) is 11.5. The van der Waals surface area contributed by atoms with E-state index in [-0.39, 0.29) is 10.7 Å². The van der Waals surface area contributed by atoms with E-state index in [0.717, 1.165) is 22.2 Å². The van der Waals surface area contributed by atoms with Gasteiger partial charge >= 0.3 is 0 Å². The van der Waals surface area contributed by atoms with E-state index < -0.39 is 17.9 Å². The molecule has 1 atom stereocenters. The largest absolute Gasteiger partial charge is 0.548 e. The number of benzene rings is 1. The second-order valence-corrected chi connectivity index (χ2v) is 8.17. The number of methoxy groups -OCH3 is 1. The summed E-state index contributed by atoms with van der Waals surface area (Å²) in [6, 6.07) is 4.24. The minimum Gasteiger partial charge on any atom is -0.548 e. The number of carboxylic acids is 1. The maximum atomic E-state index is 12.7. The van der Waals surface area contributed by atoms with Gasteiger partial charge in [0, 0.05) is 0 Å². The van der Waals surface area contributed by atoms with Gasteiger partial charge in [0.05, 0.1) is 30.6 Å². The molecule has 9 heteroatoms.